The van der Waals surface area contributed by atoms with Gasteiger partial charge in [-0.05, 0) is 27.1 Å². The number of esters is 1. The Bertz CT molecular complexity index is 240. The molecule has 0 atom stereocenters. The molecular weight excluding hydrogens is 230 g/mol. The van der Waals surface area contributed by atoms with Crippen molar-refractivity contribution in [3.63, 3.8) is 0 Å². The molecule has 1 aliphatic heterocycles. The number of piperazine rings is 1. The Kier molecular flexibility index (Phi) is 7.23. The molecule has 0 aromatic carbocycles. The molecular formula is C13H27N3O2. The quantitative estimate of drug-likeness (QED) is 0.605. The van der Waals surface area contributed by atoms with E-state index in [1.54, 1.807) is 0 Å². The average molecular weight is 257 g/mol. The number of ether oxygens (including phenoxy) is 1. The lowest BCUT2D eigenvalue weighted by atomic mass is 10.3. The van der Waals surface area contributed by atoms with Crippen molar-refractivity contribution in [1.29, 1.82) is 0 Å². The van der Waals surface area contributed by atoms with Gasteiger partial charge in [0.15, 0.2) is 0 Å². The topological polar surface area (TPSA) is 36.0 Å². The van der Waals surface area contributed by atoms with Crippen molar-refractivity contribution in [2.45, 2.75) is 12.8 Å². The highest BCUT2D eigenvalue weighted by molar-refractivity contribution is 5.69. The van der Waals surface area contributed by atoms with Gasteiger partial charge < -0.3 is 14.5 Å². The molecule has 5 heteroatoms. The van der Waals surface area contributed by atoms with Gasteiger partial charge in [0.25, 0.3) is 0 Å². The van der Waals surface area contributed by atoms with Crippen LogP contribution >= 0.6 is 0 Å². The van der Waals surface area contributed by atoms with E-state index < -0.39 is 0 Å². The molecule has 1 rings (SSSR count). The smallest absolute Gasteiger partial charge is 0.305 e. The summed E-state index contributed by atoms with van der Waals surface area (Å²) >= 11 is 0. The van der Waals surface area contributed by atoms with E-state index in [1.165, 1.54) is 33.3 Å². The van der Waals surface area contributed by atoms with Crippen LogP contribution < -0.4 is 0 Å². The van der Waals surface area contributed by atoms with Crippen LogP contribution in [0.1, 0.15) is 12.8 Å². The van der Waals surface area contributed by atoms with Crippen LogP contribution in [0.2, 0.25) is 0 Å². The van der Waals surface area contributed by atoms with Crippen molar-refractivity contribution in [2.24, 2.45) is 0 Å². The highest BCUT2D eigenvalue weighted by Gasteiger charge is 2.13. The van der Waals surface area contributed by atoms with Crippen LogP contribution in [0.5, 0.6) is 0 Å². The van der Waals surface area contributed by atoms with Crippen LogP contribution in [0, 0.1) is 0 Å². The van der Waals surface area contributed by atoms with Gasteiger partial charge in [-0.2, -0.15) is 0 Å². The fourth-order valence-electron chi connectivity index (χ4n) is 2.09. The van der Waals surface area contributed by atoms with Crippen molar-refractivity contribution in [3.05, 3.63) is 0 Å². The number of rotatable bonds is 7. The van der Waals surface area contributed by atoms with E-state index in [-0.39, 0.29) is 5.97 Å². The number of hydrogen-bond donors (Lipinski definition) is 0. The van der Waals surface area contributed by atoms with Gasteiger partial charge in [-0.3, -0.25) is 9.69 Å². The van der Waals surface area contributed by atoms with Gasteiger partial charge >= 0.3 is 5.97 Å². The fourth-order valence-corrected chi connectivity index (χ4v) is 2.09. The maximum absolute atomic E-state index is 11.0. The van der Waals surface area contributed by atoms with Crippen LogP contribution in [-0.2, 0) is 9.53 Å². The number of hydrogen-bond acceptors (Lipinski definition) is 5. The minimum Gasteiger partial charge on any atom is -0.469 e. The Balaban J connectivity index is 2.02. The lowest BCUT2D eigenvalue weighted by Gasteiger charge is -2.33. The van der Waals surface area contributed by atoms with Gasteiger partial charge in [0.1, 0.15) is 0 Å². The molecule has 1 heterocycles. The molecule has 1 aliphatic rings. The zero-order valence-electron chi connectivity index (χ0n) is 12.0. The molecule has 5 nitrogen and oxygen atoms in total. The van der Waals surface area contributed by atoms with E-state index in [4.69, 9.17) is 0 Å². The summed E-state index contributed by atoms with van der Waals surface area (Å²) in [5.41, 5.74) is 0. The summed E-state index contributed by atoms with van der Waals surface area (Å²) in [4.78, 5) is 18.2. The molecule has 0 unspecified atom stereocenters. The number of carbonyl (C=O) groups excluding carboxylic acids is 1. The SMILES string of the molecule is COC(=O)CCCN(C)CCN1CCN(C)CC1. The molecule has 0 saturated carbocycles. The summed E-state index contributed by atoms with van der Waals surface area (Å²) in [5, 5.41) is 0. The van der Waals surface area contributed by atoms with Crippen LogP contribution in [-0.4, -0.2) is 87.7 Å². The monoisotopic (exact) mass is 257 g/mol. The number of methoxy groups -OCH3 is 1. The predicted molar refractivity (Wildman–Crippen MR) is 72.7 cm³/mol. The molecule has 1 saturated heterocycles. The van der Waals surface area contributed by atoms with Crippen molar-refractivity contribution < 1.29 is 9.53 Å². The molecule has 0 aliphatic carbocycles. The first-order valence-electron chi connectivity index (χ1n) is 6.78. The van der Waals surface area contributed by atoms with Crippen LogP contribution in [0.25, 0.3) is 0 Å². The van der Waals surface area contributed by atoms with E-state index in [2.05, 4.69) is 33.5 Å². The summed E-state index contributed by atoms with van der Waals surface area (Å²) in [6, 6.07) is 0. The molecule has 18 heavy (non-hydrogen) atoms. The first kappa shape index (κ1) is 15.4. The van der Waals surface area contributed by atoms with Gasteiger partial charge in [-0.25, -0.2) is 0 Å². The highest BCUT2D eigenvalue weighted by atomic mass is 16.5. The van der Waals surface area contributed by atoms with E-state index in [0.717, 1.165) is 26.1 Å². The first-order valence-corrected chi connectivity index (χ1v) is 6.78. The summed E-state index contributed by atoms with van der Waals surface area (Å²) in [6.45, 7) is 7.85. The third-order valence-corrected chi connectivity index (χ3v) is 3.54. The zero-order chi connectivity index (χ0) is 13.4. The second-order valence-electron chi connectivity index (χ2n) is 5.13. The summed E-state index contributed by atoms with van der Waals surface area (Å²) in [6.07, 6.45) is 1.40. The normalized spacial score (nSPS) is 18.2. The van der Waals surface area contributed by atoms with Crippen LogP contribution in [0.4, 0.5) is 0 Å². The molecule has 0 amide bonds. The second-order valence-corrected chi connectivity index (χ2v) is 5.13. The van der Waals surface area contributed by atoms with Crippen molar-refractivity contribution >= 4 is 5.97 Å². The van der Waals surface area contributed by atoms with Gasteiger partial charge in [0.2, 0.25) is 0 Å². The Morgan fingerprint density at radius 2 is 1.89 bits per heavy atom. The standard InChI is InChI=1S/C13H27N3O2/c1-14(6-4-5-13(17)18-3)7-10-16-11-8-15(2)9-12-16/h4-12H2,1-3H3. The third-order valence-electron chi connectivity index (χ3n) is 3.54. The lowest BCUT2D eigenvalue weighted by Crippen LogP contribution is -2.46. The largest absolute Gasteiger partial charge is 0.469 e. The summed E-state index contributed by atoms with van der Waals surface area (Å²) < 4.78 is 4.63. The predicted octanol–water partition coefficient (Wildman–Crippen LogP) is 0.119. The van der Waals surface area contributed by atoms with Crippen molar-refractivity contribution in [3.8, 4) is 0 Å². The number of nitrogens with zero attached hydrogens (tertiary/aromatic N) is 3. The summed E-state index contributed by atoms with van der Waals surface area (Å²) in [5.74, 6) is -0.109. The molecule has 0 spiro atoms. The Morgan fingerprint density at radius 3 is 2.50 bits per heavy atom. The Morgan fingerprint density at radius 1 is 1.22 bits per heavy atom. The molecule has 0 radical (unpaired) electrons. The van der Waals surface area contributed by atoms with Gasteiger partial charge in [-0.15, -0.1) is 0 Å². The molecule has 106 valence electrons. The Hall–Kier alpha value is -0.650. The lowest BCUT2D eigenvalue weighted by molar-refractivity contribution is -0.140. The Labute approximate surface area is 111 Å². The third kappa shape index (κ3) is 6.33. The van der Waals surface area contributed by atoms with Gasteiger partial charge in [0, 0.05) is 45.7 Å². The zero-order valence-corrected chi connectivity index (χ0v) is 12.0. The molecule has 0 aromatic heterocycles. The van der Waals surface area contributed by atoms with Crippen molar-refractivity contribution in [2.75, 3.05) is 67.0 Å². The molecule has 0 aromatic rings. The van der Waals surface area contributed by atoms with Crippen molar-refractivity contribution in [1.82, 2.24) is 14.7 Å². The number of carbonyl (C=O) groups is 1. The average Bonchev–Trinajstić information content (AvgIpc) is 2.38. The fraction of sp³-hybridized carbons (Fsp3) is 0.923. The highest BCUT2D eigenvalue weighted by Crippen LogP contribution is 2.00. The maximum atomic E-state index is 11.0. The first-order chi connectivity index (χ1) is 8.61. The maximum Gasteiger partial charge on any atom is 0.305 e. The minimum absolute atomic E-state index is 0.109. The van der Waals surface area contributed by atoms with Crippen LogP contribution in [0.15, 0.2) is 0 Å². The minimum atomic E-state index is -0.109. The van der Waals surface area contributed by atoms with Crippen LogP contribution in [0.3, 0.4) is 0 Å². The molecule has 0 N–H and O–H groups in total. The van der Waals surface area contributed by atoms with E-state index >= 15 is 0 Å². The van der Waals surface area contributed by atoms with Gasteiger partial charge in [-0.1, -0.05) is 0 Å². The number of likely N-dealkylation sites (N-methyl/N-ethyl adjacent to an activating group) is 2. The molecule has 1 fully saturated rings. The molecule has 0 bridgehead atoms. The van der Waals surface area contributed by atoms with E-state index in [9.17, 15) is 4.79 Å². The van der Waals surface area contributed by atoms with Gasteiger partial charge in [0.05, 0.1) is 7.11 Å². The summed E-state index contributed by atoms with van der Waals surface area (Å²) in [7, 11) is 5.74. The van der Waals surface area contributed by atoms with E-state index in [0.29, 0.717) is 6.42 Å². The van der Waals surface area contributed by atoms with E-state index in [1.807, 2.05) is 0 Å². The second kappa shape index (κ2) is 8.45.